The summed E-state index contributed by atoms with van der Waals surface area (Å²) in [4.78, 5) is 18.9. The Labute approximate surface area is 223 Å². The molecule has 0 N–H and O–H groups in total. The molecule has 0 spiro atoms. The molecular weight excluding hydrogens is 520 g/mol. The summed E-state index contributed by atoms with van der Waals surface area (Å²) in [5.41, 5.74) is 1.24. The average Bonchev–Trinajstić information content (AvgIpc) is 3.41. The van der Waals surface area contributed by atoms with Gasteiger partial charge in [0.1, 0.15) is 46.5 Å². The van der Waals surface area contributed by atoms with E-state index in [0.29, 0.717) is 5.84 Å². The highest BCUT2D eigenvalue weighted by molar-refractivity contribution is 6.31. The summed E-state index contributed by atoms with van der Waals surface area (Å²) in [6.45, 7) is 1.91. The number of aliphatic imine (C=N–C) groups is 1. The predicted octanol–water partition coefficient (Wildman–Crippen LogP) is 4.20. The van der Waals surface area contributed by atoms with E-state index in [1.54, 1.807) is 32.1 Å². The van der Waals surface area contributed by atoms with Gasteiger partial charge in [0, 0.05) is 31.6 Å². The molecule has 1 amide bonds. The number of rotatable bonds is 4. The zero-order chi connectivity index (χ0) is 27.0. The Balaban J connectivity index is 1.47. The van der Waals surface area contributed by atoms with Gasteiger partial charge in [-0.15, -0.1) is 5.10 Å². The second-order valence-corrected chi connectivity index (χ2v) is 9.75. The predicted molar refractivity (Wildman–Crippen MR) is 135 cm³/mol. The van der Waals surface area contributed by atoms with E-state index < -0.39 is 53.2 Å². The quantitative estimate of drug-likeness (QED) is 0.276. The number of halogens is 3. The van der Waals surface area contributed by atoms with Crippen molar-refractivity contribution in [1.29, 1.82) is 0 Å². The van der Waals surface area contributed by atoms with Crippen LogP contribution < -0.4 is 0 Å². The lowest BCUT2D eigenvalue weighted by Gasteiger charge is -2.45. The Bertz CT molecular complexity index is 1330. The molecule has 5 rings (SSSR count). The molecule has 12 heteroatoms. The number of benzene rings is 2. The van der Waals surface area contributed by atoms with Gasteiger partial charge in [0.15, 0.2) is 6.29 Å². The molecule has 2 aliphatic rings. The summed E-state index contributed by atoms with van der Waals surface area (Å²) in [5.74, 6) is -1.71. The molecule has 0 radical (unpaired) electrons. The third kappa shape index (κ3) is 5.32. The summed E-state index contributed by atoms with van der Waals surface area (Å²) in [6, 6.07) is 11.1. The fourth-order valence-corrected chi connectivity index (χ4v) is 4.54. The van der Waals surface area contributed by atoms with E-state index in [1.807, 2.05) is 30.3 Å². The maximum atomic E-state index is 14.1. The first kappa shape index (κ1) is 26.4. The minimum absolute atomic E-state index is 0.174. The molecule has 2 aliphatic heterocycles. The lowest BCUT2D eigenvalue weighted by atomic mass is 9.94. The van der Waals surface area contributed by atoms with Gasteiger partial charge in [-0.25, -0.2) is 13.5 Å². The zero-order valence-corrected chi connectivity index (χ0v) is 21.7. The molecule has 1 aromatic heterocycles. The lowest BCUT2D eigenvalue weighted by molar-refractivity contribution is -0.297. The van der Waals surface area contributed by atoms with E-state index >= 15 is 0 Å². The van der Waals surface area contributed by atoms with Crippen LogP contribution in [0.4, 0.5) is 8.78 Å². The van der Waals surface area contributed by atoms with Gasteiger partial charge in [-0.3, -0.25) is 4.79 Å². The standard InChI is InChI=1S/C26H26ClF2N5O4/c1-14(33(2)3)30-25(35)21-11-20(24-22(37-21)13-36-26(38-24)15-7-5-4-6-8-15)34-12-19(31-32-34)16-9-17(28)23(27)18(29)10-16/h4-10,12,20-22,24,26H,11,13H2,1-3H3/b30-14+/t20-,21-,22-,24-,26?/m1/s1. The average molecular weight is 546 g/mol. The van der Waals surface area contributed by atoms with Crippen LogP contribution in [0.5, 0.6) is 0 Å². The molecule has 200 valence electrons. The number of carbonyl (C=O) groups excluding carboxylic acids is 1. The highest BCUT2D eigenvalue weighted by atomic mass is 35.5. The van der Waals surface area contributed by atoms with Crippen LogP contribution in [0.25, 0.3) is 11.3 Å². The second-order valence-electron chi connectivity index (χ2n) is 9.37. The van der Waals surface area contributed by atoms with Crippen LogP contribution in [-0.2, 0) is 19.0 Å². The van der Waals surface area contributed by atoms with E-state index in [0.717, 1.165) is 17.7 Å². The normalized spacial score (nSPS) is 25.6. The van der Waals surface area contributed by atoms with E-state index in [1.165, 1.54) is 4.68 Å². The van der Waals surface area contributed by atoms with Gasteiger partial charge in [0.25, 0.3) is 5.91 Å². The first-order valence-electron chi connectivity index (χ1n) is 12.0. The van der Waals surface area contributed by atoms with E-state index in [2.05, 4.69) is 15.3 Å². The van der Waals surface area contributed by atoms with Crippen molar-refractivity contribution in [3.63, 3.8) is 0 Å². The number of hydrogen-bond acceptors (Lipinski definition) is 6. The first-order chi connectivity index (χ1) is 18.2. The number of fused-ring (bicyclic) bond motifs is 1. The van der Waals surface area contributed by atoms with Gasteiger partial charge < -0.3 is 19.1 Å². The smallest absolute Gasteiger partial charge is 0.276 e. The molecule has 3 heterocycles. The monoisotopic (exact) mass is 545 g/mol. The molecule has 1 unspecified atom stereocenters. The number of amides is 1. The first-order valence-corrected chi connectivity index (χ1v) is 12.4. The molecular formula is C26H26ClF2N5O4. The van der Waals surface area contributed by atoms with Crippen LogP contribution in [0.1, 0.15) is 31.2 Å². The fourth-order valence-electron chi connectivity index (χ4n) is 4.43. The van der Waals surface area contributed by atoms with Crippen molar-refractivity contribution >= 4 is 23.3 Å². The minimum atomic E-state index is -0.902. The fraction of sp³-hybridized carbons (Fsp3) is 0.385. The second kappa shape index (κ2) is 10.9. The van der Waals surface area contributed by atoms with Crippen LogP contribution >= 0.6 is 11.6 Å². The highest BCUT2D eigenvalue weighted by Gasteiger charge is 2.47. The summed E-state index contributed by atoms with van der Waals surface area (Å²) in [6.07, 6.45) is -0.915. The van der Waals surface area contributed by atoms with Crippen LogP contribution in [0.15, 0.2) is 53.7 Å². The highest BCUT2D eigenvalue weighted by Crippen LogP contribution is 2.39. The van der Waals surface area contributed by atoms with Crippen molar-refractivity contribution in [2.45, 2.75) is 44.0 Å². The lowest BCUT2D eigenvalue weighted by Crippen LogP contribution is -2.54. The maximum absolute atomic E-state index is 14.1. The zero-order valence-electron chi connectivity index (χ0n) is 20.9. The molecule has 38 heavy (non-hydrogen) atoms. The van der Waals surface area contributed by atoms with Gasteiger partial charge >= 0.3 is 0 Å². The van der Waals surface area contributed by atoms with Gasteiger partial charge in [-0.2, -0.15) is 4.99 Å². The number of carbonyl (C=O) groups is 1. The van der Waals surface area contributed by atoms with Gasteiger partial charge in [-0.05, 0) is 19.1 Å². The van der Waals surface area contributed by atoms with Crippen molar-refractivity contribution in [3.8, 4) is 11.3 Å². The molecule has 9 nitrogen and oxygen atoms in total. The number of ether oxygens (including phenoxy) is 3. The van der Waals surface area contributed by atoms with Crippen molar-refractivity contribution in [1.82, 2.24) is 19.9 Å². The van der Waals surface area contributed by atoms with E-state index in [9.17, 15) is 13.6 Å². The number of amidine groups is 1. The number of nitrogens with zero attached hydrogens (tertiary/aromatic N) is 5. The Hall–Kier alpha value is -3.25. The van der Waals surface area contributed by atoms with Gasteiger partial charge in [0.05, 0.1) is 18.8 Å². The largest absolute Gasteiger partial charge is 0.366 e. The van der Waals surface area contributed by atoms with Crippen LogP contribution in [-0.4, -0.2) is 70.7 Å². The Morgan fingerprint density at radius 2 is 1.87 bits per heavy atom. The summed E-state index contributed by atoms with van der Waals surface area (Å²) in [7, 11) is 3.58. The van der Waals surface area contributed by atoms with E-state index in [-0.39, 0.29) is 24.3 Å². The van der Waals surface area contributed by atoms with Crippen LogP contribution in [0.2, 0.25) is 5.02 Å². The number of aromatic nitrogens is 3. The molecule has 2 fully saturated rings. The third-order valence-corrected chi connectivity index (χ3v) is 6.99. The maximum Gasteiger partial charge on any atom is 0.276 e. The van der Waals surface area contributed by atoms with Crippen LogP contribution in [0.3, 0.4) is 0 Å². The topological polar surface area (TPSA) is 91.1 Å². The molecule has 3 aromatic rings. The van der Waals surface area contributed by atoms with E-state index in [4.69, 9.17) is 25.8 Å². The van der Waals surface area contributed by atoms with Crippen molar-refractivity contribution in [2.75, 3.05) is 20.7 Å². The Morgan fingerprint density at radius 1 is 1.16 bits per heavy atom. The Morgan fingerprint density at radius 3 is 2.55 bits per heavy atom. The summed E-state index contributed by atoms with van der Waals surface area (Å²) >= 11 is 5.63. The van der Waals surface area contributed by atoms with Gasteiger partial charge in [-0.1, -0.05) is 47.1 Å². The van der Waals surface area contributed by atoms with Crippen molar-refractivity contribution < 1.29 is 27.8 Å². The molecule has 0 saturated carbocycles. The molecule has 0 aliphatic carbocycles. The van der Waals surface area contributed by atoms with Gasteiger partial charge in [0.2, 0.25) is 0 Å². The molecule has 5 atom stereocenters. The van der Waals surface area contributed by atoms with Crippen molar-refractivity contribution in [3.05, 3.63) is 70.9 Å². The molecule has 2 aromatic carbocycles. The third-order valence-electron chi connectivity index (χ3n) is 6.63. The Kier molecular flexibility index (Phi) is 7.53. The number of hydrogen-bond donors (Lipinski definition) is 0. The molecule has 2 saturated heterocycles. The SMILES string of the molecule is C/C(=N\C(=O)[C@H]1C[C@@H](n2cc(-c3cc(F)c(Cl)c(F)c3)nn2)[C@H]2OC(c3ccccc3)OC[C@H]2O1)N(C)C. The summed E-state index contributed by atoms with van der Waals surface area (Å²) < 4.78 is 48.1. The molecule has 0 bridgehead atoms. The van der Waals surface area contributed by atoms with Crippen molar-refractivity contribution in [2.24, 2.45) is 4.99 Å². The van der Waals surface area contributed by atoms with Crippen LogP contribution in [0, 0.1) is 11.6 Å². The summed E-state index contributed by atoms with van der Waals surface area (Å²) in [5, 5.41) is 7.75. The minimum Gasteiger partial charge on any atom is -0.366 e.